The van der Waals surface area contributed by atoms with Crippen LogP contribution < -0.4 is 0 Å². The maximum atomic E-state index is 11.2. The van der Waals surface area contributed by atoms with Crippen LogP contribution in [0.15, 0.2) is 30.5 Å². The van der Waals surface area contributed by atoms with Gasteiger partial charge in [-0.25, -0.2) is 14.8 Å². The van der Waals surface area contributed by atoms with Crippen molar-refractivity contribution in [3.63, 3.8) is 0 Å². The van der Waals surface area contributed by atoms with E-state index < -0.39 is 5.97 Å². The van der Waals surface area contributed by atoms with Crippen LogP contribution in [-0.2, 0) is 12.8 Å². The summed E-state index contributed by atoms with van der Waals surface area (Å²) in [6, 6.07) is 8.26. The minimum atomic E-state index is -0.950. The van der Waals surface area contributed by atoms with Crippen LogP contribution >= 0.6 is 0 Å². The Kier molecular flexibility index (Phi) is 3.22. The number of rotatable bonds is 4. The number of carboxylic acids is 1. The Morgan fingerprint density at radius 2 is 2.20 bits per heavy atom. The number of carboxylic acid groups (broad SMARTS) is 1. The van der Waals surface area contributed by atoms with Gasteiger partial charge in [-0.1, -0.05) is 37.6 Å². The summed E-state index contributed by atoms with van der Waals surface area (Å²) in [7, 11) is 0. The molecule has 2 aromatic rings. The standard InChI is InChI=1S/C16H16N2O2/c1-2-5-14-13(16(19)20)9-17-15(18-14)12-8-10-6-3-4-7-11(10)12/h3-4,6-7,9,12H,2,5,8H2,1H3,(H,19,20). The zero-order valence-electron chi connectivity index (χ0n) is 11.3. The molecule has 4 heteroatoms. The quantitative estimate of drug-likeness (QED) is 0.926. The summed E-state index contributed by atoms with van der Waals surface area (Å²) in [5.41, 5.74) is 3.47. The highest BCUT2D eigenvalue weighted by Gasteiger charge is 2.30. The van der Waals surface area contributed by atoms with Crippen LogP contribution in [0.5, 0.6) is 0 Å². The normalized spacial score (nSPS) is 16.4. The fraction of sp³-hybridized carbons (Fsp3) is 0.312. The Morgan fingerprint density at radius 3 is 2.90 bits per heavy atom. The molecule has 1 aliphatic carbocycles. The molecule has 20 heavy (non-hydrogen) atoms. The number of aromatic carboxylic acids is 1. The van der Waals surface area contributed by atoms with Crippen molar-refractivity contribution in [1.82, 2.24) is 9.97 Å². The number of carbonyl (C=O) groups is 1. The summed E-state index contributed by atoms with van der Waals surface area (Å²) in [6.07, 6.45) is 3.94. The summed E-state index contributed by atoms with van der Waals surface area (Å²) in [6.45, 7) is 2.02. The van der Waals surface area contributed by atoms with E-state index in [-0.39, 0.29) is 11.5 Å². The average Bonchev–Trinajstić information content (AvgIpc) is 2.40. The smallest absolute Gasteiger partial charge is 0.339 e. The fourth-order valence-corrected chi connectivity index (χ4v) is 2.70. The monoisotopic (exact) mass is 268 g/mol. The van der Waals surface area contributed by atoms with Crippen molar-refractivity contribution >= 4 is 5.97 Å². The molecule has 0 aliphatic heterocycles. The second kappa shape index (κ2) is 5.04. The minimum Gasteiger partial charge on any atom is -0.478 e. The van der Waals surface area contributed by atoms with Crippen LogP contribution in [-0.4, -0.2) is 21.0 Å². The molecule has 1 N–H and O–H groups in total. The van der Waals surface area contributed by atoms with Gasteiger partial charge in [-0.05, 0) is 24.0 Å². The lowest BCUT2D eigenvalue weighted by Gasteiger charge is -2.29. The molecule has 3 rings (SSSR count). The van der Waals surface area contributed by atoms with Gasteiger partial charge in [0.15, 0.2) is 0 Å². The van der Waals surface area contributed by atoms with Crippen molar-refractivity contribution in [2.45, 2.75) is 32.1 Å². The molecule has 0 fully saturated rings. The van der Waals surface area contributed by atoms with E-state index in [0.717, 1.165) is 18.7 Å². The first-order chi connectivity index (χ1) is 9.70. The maximum Gasteiger partial charge on any atom is 0.339 e. The lowest BCUT2D eigenvalue weighted by Crippen LogP contribution is -2.21. The first-order valence-corrected chi connectivity index (χ1v) is 6.87. The van der Waals surface area contributed by atoms with Crippen molar-refractivity contribution in [3.05, 3.63) is 58.7 Å². The third-order valence-corrected chi connectivity index (χ3v) is 3.77. The van der Waals surface area contributed by atoms with E-state index >= 15 is 0 Å². The van der Waals surface area contributed by atoms with Crippen LogP contribution in [0, 0.1) is 0 Å². The number of fused-ring (bicyclic) bond motifs is 1. The van der Waals surface area contributed by atoms with E-state index in [1.54, 1.807) is 0 Å². The molecule has 1 atom stereocenters. The van der Waals surface area contributed by atoms with Gasteiger partial charge in [-0.3, -0.25) is 0 Å². The molecule has 0 saturated carbocycles. The van der Waals surface area contributed by atoms with Gasteiger partial charge < -0.3 is 5.11 Å². The van der Waals surface area contributed by atoms with E-state index in [1.807, 2.05) is 19.1 Å². The molecular weight excluding hydrogens is 252 g/mol. The number of hydrogen-bond donors (Lipinski definition) is 1. The van der Waals surface area contributed by atoms with Gasteiger partial charge in [0.25, 0.3) is 0 Å². The molecule has 1 aromatic heterocycles. The van der Waals surface area contributed by atoms with Crippen LogP contribution in [0.3, 0.4) is 0 Å². The number of aromatic nitrogens is 2. The van der Waals surface area contributed by atoms with Gasteiger partial charge in [0, 0.05) is 12.1 Å². The Morgan fingerprint density at radius 1 is 1.40 bits per heavy atom. The highest BCUT2D eigenvalue weighted by atomic mass is 16.4. The van der Waals surface area contributed by atoms with Gasteiger partial charge in [0.05, 0.1) is 11.3 Å². The largest absolute Gasteiger partial charge is 0.478 e. The van der Waals surface area contributed by atoms with Gasteiger partial charge in [-0.15, -0.1) is 0 Å². The van der Waals surface area contributed by atoms with Gasteiger partial charge in [-0.2, -0.15) is 0 Å². The highest BCUT2D eigenvalue weighted by Crippen LogP contribution is 2.38. The topological polar surface area (TPSA) is 63.1 Å². The summed E-state index contributed by atoms with van der Waals surface area (Å²) in [5.74, 6) is 0.0100. The lowest BCUT2D eigenvalue weighted by molar-refractivity contribution is 0.0694. The molecule has 0 spiro atoms. The van der Waals surface area contributed by atoms with Gasteiger partial charge in [0.1, 0.15) is 5.82 Å². The van der Waals surface area contributed by atoms with Crippen molar-refractivity contribution in [1.29, 1.82) is 0 Å². The Labute approximate surface area is 117 Å². The van der Waals surface area contributed by atoms with E-state index in [9.17, 15) is 9.90 Å². The van der Waals surface area contributed by atoms with Gasteiger partial charge >= 0.3 is 5.97 Å². The lowest BCUT2D eigenvalue weighted by atomic mass is 9.77. The zero-order valence-corrected chi connectivity index (χ0v) is 11.3. The third-order valence-electron chi connectivity index (χ3n) is 3.77. The van der Waals surface area contributed by atoms with E-state index in [1.165, 1.54) is 17.3 Å². The Balaban J connectivity index is 1.96. The molecule has 1 heterocycles. The predicted molar refractivity (Wildman–Crippen MR) is 75.0 cm³/mol. The highest BCUT2D eigenvalue weighted by molar-refractivity contribution is 5.88. The Hall–Kier alpha value is -2.23. The zero-order chi connectivity index (χ0) is 14.1. The number of aryl methyl sites for hydroxylation is 1. The second-order valence-corrected chi connectivity index (χ2v) is 5.10. The van der Waals surface area contributed by atoms with E-state index in [0.29, 0.717) is 12.1 Å². The molecule has 0 saturated heterocycles. The summed E-state index contributed by atoms with van der Waals surface area (Å²) in [5, 5.41) is 9.17. The minimum absolute atomic E-state index is 0.213. The van der Waals surface area contributed by atoms with Crippen LogP contribution in [0.2, 0.25) is 0 Å². The Bertz CT molecular complexity index is 667. The molecule has 0 radical (unpaired) electrons. The molecular formula is C16H16N2O2. The number of nitrogens with zero attached hydrogens (tertiary/aromatic N) is 2. The molecule has 1 aliphatic rings. The van der Waals surface area contributed by atoms with Crippen molar-refractivity contribution < 1.29 is 9.90 Å². The van der Waals surface area contributed by atoms with Gasteiger partial charge in [0.2, 0.25) is 0 Å². The van der Waals surface area contributed by atoms with E-state index in [4.69, 9.17) is 0 Å². The molecule has 1 unspecified atom stereocenters. The van der Waals surface area contributed by atoms with Crippen molar-refractivity contribution in [2.24, 2.45) is 0 Å². The van der Waals surface area contributed by atoms with Crippen LogP contribution in [0.1, 0.15) is 52.3 Å². The SMILES string of the molecule is CCCc1nc(C2Cc3ccccc32)ncc1C(=O)O. The summed E-state index contributed by atoms with van der Waals surface area (Å²) in [4.78, 5) is 20.0. The molecule has 102 valence electrons. The van der Waals surface area contributed by atoms with Crippen LogP contribution in [0.25, 0.3) is 0 Å². The first-order valence-electron chi connectivity index (χ1n) is 6.87. The average molecular weight is 268 g/mol. The fourth-order valence-electron chi connectivity index (χ4n) is 2.70. The van der Waals surface area contributed by atoms with Crippen LogP contribution in [0.4, 0.5) is 0 Å². The number of benzene rings is 1. The second-order valence-electron chi connectivity index (χ2n) is 5.10. The van der Waals surface area contributed by atoms with E-state index in [2.05, 4.69) is 22.1 Å². The van der Waals surface area contributed by atoms with Crippen molar-refractivity contribution in [2.75, 3.05) is 0 Å². The maximum absolute atomic E-state index is 11.2. The first kappa shape index (κ1) is 12.8. The number of hydrogen-bond acceptors (Lipinski definition) is 3. The molecule has 1 aromatic carbocycles. The molecule has 0 bridgehead atoms. The van der Waals surface area contributed by atoms with Crippen molar-refractivity contribution in [3.8, 4) is 0 Å². The molecule has 0 amide bonds. The summed E-state index contributed by atoms with van der Waals surface area (Å²) < 4.78 is 0. The third kappa shape index (κ3) is 2.07. The predicted octanol–water partition coefficient (Wildman–Crippen LogP) is 2.82. The molecule has 4 nitrogen and oxygen atoms in total. The summed E-state index contributed by atoms with van der Waals surface area (Å²) >= 11 is 0.